The maximum absolute atomic E-state index is 13.1. The van der Waals surface area contributed by atoms with Crippen LogP contribution in [0, 0.1) is 53.0 Å². The molecule has 10 heteroatoms. The van der Waals surface area contributed by atoms with Crippen molar-refractivity contribution in [1.82, 2.24) is 14.7 Å². The SMILES string of the molecule is CN(C)CC1CC(Cc2ccc(F)cc2)CCC1(O)Cc1ccccc1.CN(C)CC1CC(Cc2ccc(F)cc2)CCC1(O)c1ccc(Cl)cc1.CN(C)CC1CC(Cc2ccc(F)cc2)CCC1(O)c1ccccc1. The molecule has 3 aliphatic rings. The van der Waals surface area contributed by atoms with Crippen LogP contribution in [0.4, 0.5) is 13.2 Å². The van der Waals surface area contributed by atoms with Gasteiger partial charge in [-0.25, -0.2) is 13.2 Å². The van der Waals surface area contributed by atoms with E-state index in [1.54, 1.807) is 12.1 Å². The number of benzene rings is 6. The number of aliphatic hydroxyl groups is 3. The molecule has 0 radical (unpaired) electrons. The van der Waals surface area contributed by atoms with Crippen molar-refractivity contribution < 1.29 is 28.5 Å². The summed E-state index contributed by atoms with van der Waals surface area (Å²) in [6, 6.07) is 48.5. The number of rotatable bonds is 16. The third-order valence-corrected chi connectivity index (χ3v) is 17.1. The van der Waals surface area contributed by atoms with E-state index in [-0.39, 0.29) is 35.2 Å². The van der Waals surface area contributed by atoms with Crippen LogP contribution >= 0.6 is 11.6 Å². The van der Waals surface area contributed by atoms with Crippen LogP contribution in [0.2, 0.25) is 5.02 Å². The molecule has 0 heterocycles. The van der Waals surface area contributed by atoms with Gasteiger partial charge in [0.1, 0.15) is 17.5 Å². The summed E-state index contributed by atoms with van der Waals surface area (Å²) >= 11 is 6.02. The molecule has 9 rings (SSSR count). The summed E-state index contributed by atoms with van der Waals surface area (Å²) in [7, 11) is 12.4. The van der Waals surface area contributed by atoms with Gasteiger partial charge in [-0.3, -0.25) is 0 Å². The molecule has 0 aliphatic heterocycles. The van der Waals surface area contributed by atoms with Crippen LogP contribution in [0.1, 0.15) is 91.2 Å². The van der Waals surface area contributed by atoms with E-state index < -0.39 is 16.8 Å². The first kappa shape index (κ1) is 59.8. The Kier molecular flexibility index (Phi) is 21.6. The summed E-state index contributed by atoms with van der Waals surface area (Å²) in [6.07, 6.45) is 11.8. The van der Waals surface area contributed by atoms with Crippen LogP contribution < -0.4 is 0 Å². The molecule has 0 bridgehead atoms. The molecular formula is C67H85ClF3N3O3. The second kappa shape index (κ2) is 27.8. The fourth-order valence-electron chi connectivity index (χ4n) is 12.9. The van der Waals surface area contributed by atoms with Crippen molar-refractivity contribution in [2.45, 2.75) is 100 Å². The first-order chi connectivity index (χ1) is 36.8. The Hall–Kier alpha value is -4.84. The molecular weight excluding hydrogens is 987 g/mol. The molecule has 0 saturated heterocycles. The standard InChI is InChI=1S/C23H30FNO.C22H27ClFNO.C22H28FNO/c1-25(2)17-21-15-20(14-18-8-10-22(24)11-9-18)12-13-23(21,26)16-19-6-4-3-5-7-19;1-25(2)15-19-14-17(13-16-3-9-21(24)10-4-16)11-12-22(19,26)18-5-7-20(23)8-6-18;1-24(2)16-20-15-18(14-17-8-10-21(23)11-9-17)12-13-22(20,25)19-6-4-3-5-7-19/h3-11,20-21,26H,12-17H2,1-2H3;3-10,17,19,26H,11-15H2,1-2H3;3-11,18,20,25H,12-16H2,1-2H3. The fourth-order valence-corrected chi connectivity index (χ4v) is 13.1. The van der Waals surface area contributed by atoms with Gasteiger partial charge >= 0.3 is 0 Å². The van der Waals surface area contributed by atoms with Crippen molar-refractivity contribution in [1.29, 1.82) is 0 Å². The Balaban J connectivity index is 0.000000168. The number of halogens is 4. The zero-order chi connectivity index (χ0) is 55.2. The average Bonchev–Trinajstić information content (AvgIpc) is 3.41. The molecule has 6 nitrogen and oxygen atoms in total. The Morgan fingerprint density at radius 2 is 0.753 bits per heavy atom. The van der Waals surface area contributed by atoms with E-state index in [9.17, 15) is 28.5 Å². The lowest BCUT2D eigenvalue weighted by atomic mass is 9.66. The molecule has 6 aromatic carbocycles. The largest absolute Gasteiger partial charge is 0.389 e. The number of hydrogen-bond donors (Lipinski definition) is 3. The van der Waals surface area contributed by atoms with Gasteiger partial charge in [0.2, 0.25) is 0 Å². The third kappa shape index (κ3) is 17.3. The summed E-state index contributed by atoms with van der Waals surface area (Å²) in [5.74, 6) is 1.61. The van der Waals surface area contributed by atoms with Gasteiger partial charge in [-0.1, -0.05) is 121 Å². The molecule has 3 aliphatic carbocycles. The van der Waals surface area contributed by atoms with Crippen LogP contribution in [-0.4, -0.2) is 97.5 Å². The summed E-state index contributed by atoms with van der Waals surface area (Å²) < 4.78 is 39.4. The van der Waals surface area contributed by atoms with Gasteiger partial charge in [0.15, 0.2) is 0 Å². The second-order valence-electron chi connectivity index (χ2n) is 23.8. The lowest BCUT2D eigenvalue weighted by Crippen LogP contribution is -2.49. The summed E-state index contributed by atoms with van der Waals surface area (Å²) in [5, 5.41) is 35.2. The molecule has 9 unspecified atom stereocenters. The van der Waals surface area contributed by atoms with Crippen LogP contribution in [0.3, 0.4) is 0 Å². The zero-order valence-corrected chi connectivity index (χ0v) is 47.2. The van der Waals surface area contributed by atoms with Gasteiger partial charge in [0, 0.05) is 48.8 Å². The molecule has 0 aromatic heterocycles. The lowest BCUT2D eigenvalue weighted by Gasteiger charge is -2.44. The number of nitrogens with zero attached hydrogens (tertiary/aromatic N) is 3. The summed E-state index contributed by atoms with van der Waals surface area (Å²) in [4.78, 5) is 6.49. The van der Waals surface area contributed by atoms with E-state index in [1.165, 1.54) is 41.0 Å². The minimum Gasteiger partial charge on any atom is -0.389 e. The Bertz CT molecular complexity index is 2660. The van der Waals surface area contributed by atoms with Crippen molar-refractivity contribution in [3.63, 3.8) is 0 Å². The van der Waals surface area contributed by atoms with Gasteiger partial charge in [-0.05, 0) is 219 Å². The molecule has 3 fully saturated rings. The third-order valence-electron chi connectivity index (χ3n) is 16.9. The lowest BCUT2D eigenvalue weighted by molar-refractivity contribution is -0.0753. The van der Waals surface area contributed by atoms with Gasteiger partial charge in [0.25, 0.3) is 0 Å². The van der Waals surface area contributed by atoms with E-state index >= 15 is 0 Å². The number of hydrogen-bond acceptors (Lipinski definition) is 6. The van der Waals surface area contributed by atoms with Crippen molar-refractivity contribution in [2.24, 2.45) is 35.5 Å². The highest BCUT2D eigenvalue weighted by Gasteiger charge is 2.45. The van der Waals surface area contributed by atoms with Crippen molar-refractivity contribution in [2.75, 3.05) is 61.9 Å². The molecule has 0 spiro atoms. The Labute approximate surface area is 463 Å². The van der Waals surface area contributed by atoms with E-state index in [2.05, 4.69) is 55.0 Å². The van der Waals surface area contributed by atoms with Gasteiger partial charge in [0.05, 0.1) is 16.8 Å². The predicted octanol–water partition coefficient (Wildman–Crippen LogP) is 13.4. The predicted molar refractivity (Wildman–Crippen MR) is 309 cm³/mol. The minimum atomic E-state index is -0.825. The smallest absolute Gasteiger partial charge is 0.123 e. The fraction of sp³-hybridized carbons (Fsp3) is 0.463. The molecule has 6 aromatic rings. The minimum absolute atomic E-state index is 0.151. The maximum Gasteiger partial charge on any atom is 0.123 e. The highest BCUT2D eigenvalue weighted by atomic mass is 35.5. The highest BCUT2D eigenvalue weighted by molar-refractivity contribution is 6.30. The van der Waals surface area contributed by atoms with E-state index in [0.29, 0.717) is 22.8 Å². The molecule has 3 N–H and O–H groups in total. The topological polar surface area (TPSA) is 70.4 Å². The quantitative estimate of drug-likeness (QED) is 0.0897. The average molecular weight is 1070 g/mol. The van der Waals surface area contributed by atoms with Crippen LogP contribution in [0.5, 0.6) is 0 Å². The van der Waals surface area contributed by atoms with Gasteiger partial charge in [-0.2, -0.15) is 0 Å². The Morgan fingerprint density at radius 3 is 1.14 bits per heavy atom. The molecule has 77 heavy (non-hydrogen) atoms. The maximum atomic E-state index is 13.1. The zero-order valence-electron chi connectivity index (χ0n) is 46.5. The van der Waals surface area contributed by atoms with Crippen molar-refractivity contribution in [3.05, 3.63) is 214 Å². The normalized spacial score (nSPS) is 26.4. The van der Waals surface area contributed by atoms with Gasteiger partial charge in [-0.15, -0.1) is 0 Å². The first-order valence-corrected chi connectivity index (χ1v) is 28.4. The van der Waals surface area contributed by atoms with E-state index in [0.717, 1.165) is 120 Å². The molecule has 0 amide bonds. The first-order valence-electron chi connectivity index (χ1n) is 28.0. The van der Waals surface area contributed by atoms with Crippen LogP contribution in [0.25, 0.3) is 0 Å². The van der Waals surface area contributed by atoms with Crippen molar-refractivity contribution >= 4 is 11.6 Å². The van der Waals surface area contributed by atoms with Crippen LogP contribution in [0.15, 0.2) is 158 Å². The second-order valence-corrected chi connectivity index (χ2v) is 24.2. The molecule has 3 saturated carbocycles. The molecule has 414 valence electrons. The monoisotopic (exact) mass is 1070 g/mol. The van der Waals surface area contributed by atoms with Crippen LogP contribution in [-0.2, 0) is 36.9 Å². The van der Waals surface area contributed by atoms with Gasteiger partial charge < -0.3 is 30.0 Å². The van der Waals surface area contributed by atoms with E-state index in [4.69, 9.17) is 11.6 Å². The van der Waals surface area contributed by atoms with Crippen molar-refractivity contribution in [3.8, 4) is 0 Å². The summed E-state index contributed by atoms with van der Waals surface area (Å²) in [6.45, 7) is 2.59. The Morgan fingerprint density at radius 1 is 0.416 bits per heavy atom. The molecule has 9 atom stereocenters. The summed E-state index contributed by atoms with van der Waals surface area (Å²) in [5.41, 5.74) is 4.49. The highest BCUT2D eigenvalue weighted by Crippen LogP contribution is 2.47. The van der Waals surface area contributed by atoms with E-state index in [1.807, 2.05) is 123 Å².